The van der Waals surface area contributed by atoms with Crippen LogP contribution in [0.5, 0.6) is 0 Å². The Hall–Kier alpha value is -2.07. The van der Waals surface area contributed by atoms with Crippen molar-refractivity contribution in [1.82, 2.24) is 9.29 Å². The van der Waals surface area contributed by atoms with Gasteiger partial charge in [-0.2, -0.15) is 4.31 Å². The first kappa shape index (κ1) is 15.3. The Morgan fingerprint density at radius 3 is 2.67 bits per heavy atom. The van der Waals surface area contributed by atoms with Gasteiger partial charge < -0.3 is 15.2 Å². The molecular weight excluding hydrogens is 302 g/mol. The Morgan fingerprint density at radius 2 is 2.19 bits per heavy atom. The lowest BCUT2D eigenvalue weighted by molar-refractivity contribution is -0.389. The summed E-state index contributed by atoms with van der Waals surface area (Å²) in [5.41, 5.74) is -1.51. The molecule has 1 saturated heterocycles. The first-order chi connectivity index (χ1) is 9.69. The lowest BCUT2D eigenvalue weighted by Crippen LogP contribution is -2.50. The number of nitro groups is 1. The smallest absolute Gasteiger partial charge is 0.363 e. The molecule has 0 spiro atoms. The molecule has 10 heteroatoms. The summed E-state index contributed by atoms with van der Waals surface area (Å²) in [5.74, 6) is -1.70. The molecule has 9 nitrogen and oxygen atoms in total. The molecule has 0 aromatic carbocycles. The van der Waals surface area contributed by atoms with E-state index in [1.165, 1.54) is 6.92 Å². The number of aromatic nitrogens is 1. The van der Waals surface area contributed by atoms with Gasteiger partial charge in [-0.25, -0.2) is 8.42 Å². The molecular formula is C11H13N3O6S. The molecule has 1 unspecified atom stereocenters. The maximum atomic E-state index is 12.5. The molecule has 114 valence electrons. The Bertz CT molecular complexity index is 686. The maximum absolute atomic E-state index is 12.5. The third-order valence-corrected chi connectivity index (χ3v) is 5.53. The van der Waals surface area contributed by atoms with Crippen molar-refractivity contribution in [3.05, 3.63) is 28.4 Å². The first-order valence-corrected chi connectivity index (χ1v) is 7.50. The van der Waals surface area contributed by atoms with E-state index in [0.29, 0.717) is 6.42 Å². The fraction of sp³-hybridized carbons (Fsp3) is 0.455. The summed E-state index contributed by atoms with van der Waals surface area (Å²) in [6, 6.07) is 2.03. The van der Waals surface area contributed by atoms with Crippen LogP contribution in [-0.2, 0) is 14.8 Å². The molecule has 0 aliphatic carbocycles. The van der Waals surface area contributed by atoms with Gasteiger partial charge in [-0.3, -0.25) is 4.79 Å². The van der Waals surface area contributed by atoms with E-state index in [1.807, 2.05) is 0 Å². The minimum Gasteiger partial charge on any atom is -0.480 e. The first-order valence-electron chi connectivity index (χ1n) is 6.06. The minimum absolute atomic E-state index is 0.0854. The lowest BCUT2D eigenvalue weighted by atomic mass is 10.0. The number of hydrogen-bond acceptors (Lipinski definition) is 6. The van der Waals surface area contributed by atoms with Crippen molar-refractivity contribution in [3.63, 3.8) is 0 Å². The number of aliphatic carboxylic acids is 1. The quantitative estimate of drug-likeness (QED) is 0.636. The summed E-state index contributed by atoms with van der Waals surface area (Å²) in [6.07, 6.45) is 1.51. The second kappa shape index (κ2) is 5.04. The van der Waals surface area contributed by atoms with Crippen LogP contribution in [0.15, 0.2) is 23.2 Å². The maximum Gasteiger partial charge on any atom is 0.363 e. The van der Waals surface area contributed by atoms with Gasteiger partial charge in [0.05, 0.1) is 0 Å². The van der Waals surface area contributed by atoms with Gasteiger partial charge in [0.2, 0.25) is 10.0 Å². The molecule has 1 fully saturated rings. The van der Waals surface area contributed by atoms with Crippen LogP contribution in [0.1, 0.15) is 19.8 Å². The summed E-state index contributed by atoms with van der Waals surface area (Å²) in [5, 5.41) is 19.8. The Kier molecular flexibility index (Phi) is 3.68. The van der Waals surface area contributed by atoms with Crippen LogP contribution >= 0.6 is 0 Å². The molecule has 0 amide bonds. The van der Waals surface area contributed by atoms with Crippen LogP contribution < -0.4 is 0 Å². The van der Waals surface area contributed by atoms with Gasteiger partial charge in [-0.15, -0.1) is 0 Å². The van der Waals surface area contributed by atoms with Crippen molar-refractivity contribution in [2.24, 2.45) is 0 Å². The Labute approximate surface area is 120 Å². The van der Waals surface area contributed by atoms with Crippen LogP contribution in [0.4, 0.5) is 5.82 Å². The zero-order valence-electron chi connectivity index (χ0n) is 11.1. The molecule has 1 N–H and O–H groups in total. The number of hydrogen-bond donors (Lipinski definition) is 1. The van der Waals surface area contributed by atoms with Gasteiger partial charge in [-0.05, 0) is 35.7 Å². The fourth-order valence-corrected chi connectivity index (χ4v) is 4.05. The second-order valence-electron chi connectivity index (χ2n) is 4.87. The number of pyridine rings is 1. The number of carboxylic acid groups (broad SMARTS) is 1. The SMILES string of the molecule is CC1(C(=O)O)CCCN1S(=O)(=O)c1ccc([N+](=O)[O-])nc1. The largest absolute Gasteiger partial charge is 0.480 e. The van der Waals surface area contributed by atoms with Gasteiger partial charge >= 0.3 is 11.8 Å². The fourth-order valence-electron chi connectivity index (χ4n) is 2.30. The average Bonchev–Trinajstić information content (AvgIpc) is 2.83. The normalized spacial score (nSPS) is 23.1. The van der Waals surface area contributed by atoms with E-state index in [9.17, 15) is 28.4 Å². The van der Waals surface area contributed by atoms with Gasteiger partial charge in [0.15, 0.2) is 6.20 Å². The van der Waals surface area contributed by atoms with Gasteiger partial charge in [0, 0.05) is 12.6 Å². The summed E-state index contributed by atoms with van der Waals surface area (Å²) in [7, 11) is -4.07. The highest BCUT2D eigenvalue weighted by molar-refractivity contribution is 7.89. The summed E-state index contributed by atoms with van der Waals surface area (Å²) in [6.45, 7) is 1.43. The third kappa shape index (κ3) is 2.47. The molecule has 1 aromatic heterocycles. The van der Waals surface area contributed by atoms with E-state index >= 15 is 0 Å². The molecule has 1 aliphatic heterocycles. The summed E-state index contributed by atoms with van der Waals surface area (Å²) >= 11 is 0. The number of carboxylic acids is 1. The van der Waals surface area contributed by atoms with Crippen molar-refractivity contribution in [3.8, 4) is 0 Å². The number of rotatable bonds is 4. The molecule has 2 heterocycles. The molecule has 1 aromatic rings. The lowest BCUT2D eigenvalue weighted by Gasteiger charge is -2.29. The van der Waals surface area contributed by atoms with Gasteiger partial charge in [-0.1, -0.05) is 0 Å². The molecule has 1 atom stereocenters. The van der Waals surface area contributed by atoms with Crippen LogP contribution in [0.2, 0.25) is 0 Å². The predicted molar refractivity (Wildman–Crippen MR) is 70.1 cm³/mol. The highest BCUT2D eigenvalue weighted by Gasteiger charge is 2.50. The van der Waals surface area contributed by atoms with Gasteiger partial charge in [0.1, 0.15) is 10.4 Å². The summed E-state index contributed by atoms with van der Waals surface area (Å²) in [4.78, 5) is 24.3. The predicted octanol–water partition coefficient (Wildman–Crippen LogP) is 0.618. The monoisotopic (exact) mass is 315 g/mol. The van der Waals surface area contributed by atoms with Gasteiger partial charge in [0.25, 0.3) is 0 Å². The zero-order chi connectivity index (χ0) is 15.8. The number of nitrogens with zero attached hydrogens (tertiary/aromatic N) is 3. The molecule has 1 aliphatic rings. The van der Waals surface area contributed by atoms with E-state index < -0.39 is 32.3 Å². The highest BCUT2D eigenvalue weighted by Crippen LogP contribution is 2.34. The van der Waals surface area contributed by atoms with Crippen molar-refractivity contribution in [2.75, 3.05) is 6.54 Å². The van der Waals surface area contributed by atoms with E-state index in [1.54, 1.807) is 0 Å². The summed E-state index contributed by atoms with van der Waals surface area (Å²) < 4.78 is 25.9. The van der Waals surface area contributed by atoms with E-state index in [4.69, 9.17) is 0 Å². The average molecular weight is 315 g/mol. The van der Waals surface area contributed by atoms with E-state index in [2.05, 4.69) is 4.98 Å². The molecule has 21 heavy (non-hydrogen) atoms. The highest BCUT2D eigenvalue weighted by atomic mass is 32.2. The van der Waals surface area contributed by atoms with Crippen molar-refractivity contribution in [2.45, 2.75) is 30.2 Å². The van der Waals surface area contributed by atoms with Crippen LogP contribution in [0.3, 0.4) is 0 Å². The van der Waals surface area contributed by atoms with Crippen LogP contribution in [0.25, 0.3) is 0 Å². The number of carbonyl (C=O) groups is 1. The topological polar surface area (TPSA) is 131 Å². The zero-order valence-corrected chi connectivity index (χ0v) is 11.9. The second-order valence-corrected chi connectivity index (χ2v) is 6.73. The minimum atomic E-state index is -4.07. The molecule has 2 rings (SSSR count). The standard InChI is InChI=1S/C11H13N3O6S/c1-11(10(15)16)5-2-6-13(11)21(19,20)8-3-4-9(12-7-8)14(17)18/h3-4,7H,2,5-6H2,1H3,(H,15,16). The van der Waals surface area contributed by atoms with Crippen LogP contribution in [0, 0.1) is 10.1 Å². The van der Waals surface area contributed by atoms with Crippen LogP contribution in [-0.4, -0.2) is 45.8 Å². The van der Waals surface area contributed by atoms with Crippen molar-refractivity contribution in [1.29, 1.82) is 0 Å². The third-order valence-electron chi connectivity index (χ3n) is 3.53. The van der Waals surface area contributed by atoms with Crippen molar-refractivity contribution >= 4 is 21.8 Å². The van der Waals surface area contributed by atoms with E-state index in [0.717, 1.165) is 22.6 Å². The molecule has 0 bridgehead atoms. The number of sulfonamides is 1. The Morgan fingerprint density at radius 1 is 1.52 bits per heavy atom. The van der Waals surface area contributed by atoms with E-state index in [-0.39, 0.29) is 17.9 Å². The molecule has 0 radical (unpaired) electrons. The molecule has 0 saturated carbocycles. The Balaban J connectivity index is 2.42. The van der Waals surface area contributed by atoms with Crippen molar-refractivity contribution < 1.29 is 23.2 Å².